The number of nitrogens with one attached hydrogen (secondary N) is 5. The Hall–Kier alpha value is -11.1. The van der Waals surface area contributed by atoms with Crippen molar-refractivity contribution < 1.29 is 91.2 Å². The van der Waals surface area contributed by atoms with Crippen LogP contribution in [0.4, 0.5) is 0 Å². The van der Waals surface area contributed by atoms with E-state index in [1.54, 1.807) is 128 Å². The van der Waals surface area contributed by atoms with E-state index in [0.717, 1.165) is 57.8 Å². The van der Waals surface area contributed by atoms with Crippen LogP contribution in [-0.2, 0) is 67.0 Å². The van der Waals surface area contributed by atoms with Crippen LogP contribution in [0, 0.1) is 0 Å². The van der Waals surface area contributed by atoms with Crippen molar-refractivity contribution in [2.75, 3.05) is 73.7 Å². The number of benzene rings is 4. The molecule has 8 saturated heterocycles. The van der Waals surface area contributed by atoms with Crippen molar-refractivity contribution >= 4 is 88.9 Å². The zero-order chi connectivity index (χ0) is 80.7. The number of ether oxygens (including phenoxy) is 3. The molecule has 31 nitrogen and oxygen atoms in total. The van der Waals surface area contributed by atoms with Crippen molar-refractivity contribution in [2.45, 2.75) is 196 Å². The van der Waals surface area contributed by atoms with Gasteiger partial charge < -0.3 is 80.2 Å². The second-order valence-corrected chi connectivity index (χ2v) is 29.2. The average molecular weight is 1550 g/mol. The molecule has 6 N–H and O–H groups in total. The van der Waals surface area contributed by atoms with Gasteiger partial charge in [-0.2, -0.15) is 0 Å². The van der Waals surface area contributed by atoms with Gasteiger partial charge >= 0.3 is 23.9 Å². The van der Waals surface area contributed by atoms with Crippen molar-refractivity contribution in [3.8, 4) is 0 Å². The van der Waals surface area contributed by atoms with Gasteiger partial charge in [-0.25, -0.2) is 19.2 Å². The molecule has 4 aromatic rings. The molecular weight excluding hydrogens is 1440 g/mol. The Morgan fingerprint density at radius 2 is 0.571 bits per heavy atom. The number of carboxylic acids is 1. The molecule has 0 unspecified atom stereocenters. The molecule has 112 heavy (non-hydrogen) atoms. The van der Waals surface area contributed by atoms with E-state index < -0.39 is 72.2 Å². The standard InChI is InChI=1S/2C21H27N3O5.C20H25N3O5.C19H25N3O4/c2*1-14(25)23-12-16-10-6-7-11-17(22-19(26)15-8-4-3-5-9-15)20(27)24(16)18(13-23)21(28)29-2;1-13(24)22-11-15-9-5-6-10-16(19(26)23(15)17(12-22)20(27)28)21-18(25)14-7-3-2-4-8-14;1-26-19(25)16-12-20-11-14-9-5-6-10-15(18(24)22(14)16)21-17(23)13-7-3-2-4-8-13/h2*3-5,8-9,16-18H,6-7,10-13H2,1-2H3,(H,22,26);2-4,7-8,15-17H,5-6,9-12H2,1H3,(H,21,25)(H,27,28);2-4,7-8,14-16,20H,5-6,9-12H2,1H3,(H,21,23)/t2*16-,17-,18-;15-,16-,17-;14-,15-,16-/m0000/s1. The third-order valence-electron chi connectivity index (χ3n) is 21.8. The number of esters is 3. The Bertz CT molecular complexity index is 3880. The Labute approximate surface area is 651 Å². The van der Waals surface area contributed by atoms with Crippen LogP contribution < -0.4 is 26.6 Å². The van der Waals surface area contributed by atoms with Gasteiger partial charge in [-0.15, -0.1) is 0 Å². The molecule has 12 atom stereocenters. The van der Waals surface area contributed by atoms with Crippen molar-refractivity contribution in [2.24, 2.45) is 0 Å². The van der Waals surface area contributed by atoms with Crippen LogP contribution in [0.5, 0.6) is 0 Å². The molecule has 0 bridgehead atoms. The van der Waals surface area contributed by atoms with Crippen LogP contribution in [0.25, 0.3) is 0 Å². The molecule has 0 spiro atoms. The van der Waals surface area contributed by atoms with E-state index in [9.17, 15) is 77.0 Å². The van der Waals surface area contributed by atoms with Crippen LogP contribution in [0.2, 0.25) is 0 Å². The number of hydrogen-bond acceptors (Lipinski definition) is 19. The monoisotopic (exact) mass is 1550 g/mol. The molecule has 8 fully saturated rings. The summed E-state index contributed by atoms with van der Waals surface area (Å²) in [5, 5.41) is 24.2. The van der Waals surface area contributed by atoms with Gasteiger partial charge in [0.1, 0.15) is 48.3 Å². The highest BCUT2D eigenvalue weighted by Crippen LogP contribution is 2.31. The Balaban J connectivity index is 0.000000172. The normalized spacial score (nSPS) is 25.2. The molecule has 8 aliphatic rings. The van der Waals surface area contributed by atoms with Crippen molar-refractivity contribution in [1.29, 1.82) is 0 Å². The van der Waals surface area contributed by atoms with Crippen LogP contribution in [-0.4, -0.2) is 274 Å². The number of nitrogens with zero attached hydrogens (tertiary/aromatic N) is 7. The van der Waals surface area contributed by atoms with E-state index >= 15 is 0 Å². The van der Waals surface area contributed by atoms with Gasteiger partial charge in [0.25, 0.3) is 23.6 Å². The van der Waals surface area contributed by atoms with Crippen molar-refractivity contribution in [3.63, 3.8) is 0 Å². The summed E-state index contributed by atoms with van der Waals surface area (Å²) in [6.45, 7) is 6.59. The number of hydrogen-bond donors (Lipinski definition) is 6. The predicted octanol–water partition coefficient (Wildman–Crippen LogP) is 3.49. The molecule has 0 radical (unpaired) electrons. The SMILES string of the molecule is CC(=O)N1C[C@@H]2CCCC[C@H](NC(=O)c3ccccc3)C(=O)N2[C@H](C(=O)O)C1.COC(=O)[C@@H]1CN(C(C)=O)C[C@@H]2CCCC[C@H](NC(=O)c3ccccc3)C(=O)N21.COC(=O)[C@@H]1CN(C(C)=O)C[C@@H]2CCCC[C@H](NC(=O)c3ccccc3)C(=O)N21.COC(=O)[C@@H]1CNC[C@@H]2CCCC[C@H](NC(=O)c3ccccc3)C(=O)N21. The summed E-state index contributed by atoms with van der Waals surface area (Å²) in [6, 6.07) is 27.6. The highest BCUT2D eigenvalue weighted by atomic mass is 16.5. The Morgan fingerprint density at radius 1 is 0.330 bits per heavy atom. The Morgan fingerprint density at radius 3 is 0.839 bits per heavy atom. The first-order valence-corrected chi connectivity index (χ1v) is 38.5. The van der Waals surface area contributed by atoms with Gasteiger partial charge in [-0.1, -0.05) is 124 Å². The van der Waals surface area contributed by atoms with E-state index in [1.807, 2.05) is 18.2 Å². The first-order valence-electron chi connectivity index (χ1n) is 38.5. The number of piperazine rings is 4. The Kier molecular flexibility index (Phi) is 30.9. The van der Waals surface area contributed by atoms with Crippen LogP contribution in [0.3, 0.4) is 0 Å². The molecule has 8 heterocycles. The fourth-order valence-electron chi connectivity index (χ4n) is 15.9. The van der Waals surface area contributed by atoms with Gasteiger partial charge in [0.05, 0.1) is 59.1 Å². The maximum atomic E-state index is 13.4. The van der Waals surface area contributed by atoms with Crippen molar-refractivity contribution in [1.82, 2.24) is 60.9 Å². The number of carbonyl (C=O) groups excluding carboxylic acids is 14. The zero-order valence-electron chi connectivity index (χ0n) is 64.4. The summed E-state index contributed by atoms with van der Waals surface area (Å²) >= 11 is 0. The summed E-state index contributed by atoms with van der Waals surface area (Å²) in [5.41, 5.74) is 1.92. The topological polar surface area (TPSA) is 387 Å². The van der Waals surface area contributed by atoms with E-state index in [1.165, 1.54) is 51.9 Å². The minimum absolute atomic E-state index is 0.0355. The summed E-state index contributed by atoms with van der Waals surface area (Å²) < 4.78 is 14.7. The molecule has 4 aromatic carbocycles. The molecule has 0 aliphatic carbocycles. The fourth-order valence-corrected chi connectivity index (χ4v) is 15.9. The van der Waals surface area contributed by atoms with Gasteiger partial charge in [0, 0.05) is 81.8 Å². The van der Waals surface area contributed by atoms with Crippen LogP contribution in [0.1, 0.15) is 165 Å². The molecule has 11 amide bonds. The van der Waals surface area contributed by atoms with E-state index in [-0.39, 0.29) is 109 Å². The third kappa shape index (κ3) is 21.7. The van der Waals surface area contributed by atoms with E-state index in [0.29, 0.717) is 99.9 Å². The summed E-state index contributed by atoms with van der Waals surface area (Å²) in [5.74, 6) is -5.59. The number of aliphatic carboxylic acids is 1. The second-order valence-electron chi connectivity index (χ2n) is 29.2. The lowest BCUT2D eigenvalue weighted by molar-refractivity contribution is -0.163. The molecule has 0 saturated carbocycles. The lowest BCUT2D eigenvalue weighted by atomic mass is 9.93. The van der Waals surface area contributed by atoms with Gasteiger partial charge in [-0.3, -0.25) is 52.7 Å². The van der Waals surface area contributed by atoms with Gasteiger partial charge in [-0.05, 0) is 99.9 Å². The highest BCUT2D eigenvalue weighted by Gasteiger charge is 2.49. The predicted molar refractivity (Wildman–Crippen MR) is 406 cm³/mol. The first-order chi connectivity index (χ1) is 53.8. The maximum absolute atomic E-state index is 13.4. The first kappa shape index (κ1) is 84.9. The average Bonchev–Trinajstić information content (AvgIpc) is 0.803. The minimum atomic E-state index is -1.14. The minimum Gasteiger partial charge on any atom is -0.480 e. The van der Waals surface area contributed by atoms with Crippen LogP contribution in [0.15, 0.2) is 121 Å². The third-order valence-corrected chi connectivity index (χ3v) is 21.8. The number of amides is 11. The maximum Gasteiger partial charge on any atom is 0.330 e. The molecule has 12 rings (SSSR count). The zero-order valence-corrected chi connectivity index (χ0v) is 64.4. The van der Waals surface area contributed by atoms with E-state index in [4.69, 9.17) is 14.2 Å². The highest BCUT2D eigenvalue weighted by molar-refractivity contribution is 6.02. The van der Waals surface area contributed by atoms with Crippen LogP contribution >= 0.6 is 0 Å². The van der Waals surface area contributed by atoms with Crippen molar-refractivity contribution in [3.05, 3.63) is 144 Å². The smallest absolute Gasteiger partial charge is 0.330 e. The second kappa shape index (κ2) is 40.7. The molecular formula is C81H104N12O19. The fraction of sp³-hybridized carbons (Fsp3) is 0.519. The lowest BCUT2D eigenvalue weighted by Gasteiger charge is -2.47. The number of methoxy groups -OCH3 is 3. The number of rotatable bonds is 12. The summed E-state index contributed by atoms with van der Waals surface area (Å²) in [6.07, 6.45) is 11.5. The number of fused-ring (bicyclic) bond motifs is 4. The van der Waals surface area contributed by atoms with Gasteiger partial charge in [0.15, 0.2) is 0 Å². The summed E-state index contributed by atoms with van der Waals surface area (Å²) in [4.78, 5) is 199. The lowest BCUT2D eigenvalue weighted by Crippen LogP contribution is -2.67. The number of carbonyl (C=O) groups is 15. The molecule has 0 aromatic heterocycles. The van der Waals surface area contributed by atoms with E-state index in [2.05, 4.69) is 26.6 Å². The molecule has 8 aliphatic heterocycles. The molecule has 31 heteroatoms. The molecule has 602 valence electrons. The largest absolute Gasteiger partial charge is 0.480 e. The summed E-state index contributed by atoms with van der Waals surface area (Å²) in [7, 11) is 3.87. The van der Waals surface area contributed by atoms with Gasteiger partial charge in [0.2, 0.25) is 41.4 Å². The quantitative estimate of drug-likeness (QED) is 0.0873. The number of carboxylic acid groups (broad SMARTS) is 1.